The standard InChI is InChI=1S/C30H34Cl2N2O5/c1-4-5-13-33-30(36)28(15-21-9-7-6-8-10-21)34(19-22-11-12-26(31)27(32)14-22)29(35)20-39-25-17-23(37-2)16-24(18-25)38-3/h6-12,14,16-18,28H,4-5,13,15,19-20H2,1-3H3,(H,33,36)/t28-/m0/s1. The smallest absolute Gasteiger partial charge is 0.261 e. The first-order valence-electron chi connectivity index (χ1n) is 12.8. The zero-order valence-corrected chi connectivity index (χ0v) is 23.9. The number of halogens is 2. The number of amides is 2. The Kier molecular flexibility index (Phi) is 11.8. The first-order chi connectivity index (χ1) is 18.8. The molecule has 1 atom stereocenters. The molecular formula is C30H34Cl2N2O5. The van der Waals surface area contributed by atoms with Gasteiger partial charge in [-0.15, -0.1) is 0 Å². The van der Waals surface area contributed by atoms with E-state index in [1.807, 2.05) is 30.3 Å². The van der Waals surface area contributed by atoms with E-state index in [1.54, 1.807) is 36.4 Å². The van der Waals surface area contributed by atoms with E-state index in [0.717, 1.165) is 24.0 Å². The van der Waals surface area contributed by atoms with Crippen molar-refractivity contribution in [1.82, 2.24) is 10.2 Å². The molecule has 0 heterocycles. The van der Waals surface area contributed by atoms with Crippen LogP contribution in [0.3, 0.4) is 0 Å². The minimum atomic E-state index is -0.783. The van der Waals surface area contributed by atoms with Gasteiger partial charge in [-0.25, -0.2) is 0 Å². The van der Waals surface area contributed by atoms with Crippen LogP contribution >= 0.6 is 23.2 Å². The van der Waals surface area contributed by atoms with E-state index in [0.29, 0.717) is 40.3 Å². The second-order valence-electron chi connectivity index (χ2n) is 8.96. The van der Waals surface area contributed by atoms with Crippen molar-refractivity contribution in [2.45, 2.75) is 38.8 Å². The number of hydrogen-bond donors (Lipinski definition) is 1. The molecule has 3 aromatic carbocycles. The maximum atomic E-state index is 13.7. The van der Waals surface area contributed by atoms with Crippen LogP contribution in [0.2, 0.25) is 10.0 Å². The van der Waals surface area contributed by atoms with Crippen LogP contribution in [-0.4, -0.2) is 50.1 Å². The Labute approximate surface area is 240 Å². The minimum absolute atomic E-state index is 0.138. The Hall–Kier alpha value is -3.42. The summed E-state index contributed by atoms with van der Waals surface area (Å²) in [4.78, 5) is 28.8. The molecule has 0 spiro atoms. The van der Waals surface area contributed by atoms with Gasteiger partial charge in [0.15, 0.2) is 6.61 Å². The molecule has 0 unspecified atom stereocenters. The lowest BCUT2D eigenvalue weighted by molar-refractivity contribution is -0.142. The van der Waals surface area contributed by atoms with Gasteiger partial charge in [0, 0.05) is 37.7 Å². The summed E-state index contributed by atoms with van der Waals surface area (Å²) in [6.07, 6.45) is 2.11. The molecule has 2 amide bonds. The van der Waals surface area contributed by atoms with Gasteiger partial charge in [-0.1, -0.05) is 72.9 Å². The van der Waals surface area contributed by atoms with E-state index in [2.05, 4.69) is 12.2 Å². The predicted octanol–water partition coefficient (Wildman–Crippen LogP) is 5.95. The summed E-state index contributed by atoms with van der Waals surface area (Å²) >= 11 is 12.4. The maximum Gasteiger partial charge on any atom is 0.261 e. The number of methoxy groups -OCH3 is 2. The van der Waals surface area contributed by atoms with E-state index in [9.17, 15) is 9.59 Å². The van der Waals surface area contributed by atoms with Gasteiger partial charge in [0.25, 0.3) is 5.91 Å². The summed E-state index contributed by atoms with van der Waals surface area (Å²) < 4.78 is 16.5. The third-order valence-corrected chi connectivity index (χ3v) is 6.86. The minimum Gasteiger partial charge on any atom is -0.496 e. The van der Waals surface area contributed by atoms with Crippen LogP contribution in [0.5, 0.6) is 17.2 Å². The van der Waals surface area contributed by atoms with Crippen molar-refractivity contribution in [3.05, 3.63) is 87.9 Å². The van der Waals surface area contributed by atoms with Crippen LogP contribution in [-0.2, 0) is 22.6 Å². The quantitative estimate of drug-likeness (QED) is 0.242. The normalized spacial score (nSPS) is 11.4. The van der Waals surface area contributed by atoms with Crippen molar-refractivity contribution in [2.75, 3.05) is 27.4 Å². The topological polar surface area (TPSA) is 77.1 Å². The fourth-order valence-corrected chi connectivity index (χ4v) is 4.31. The second kappa shape index (κ2) is 15.2. The zero-order chi connectivity index (χ0) is 28.2. The summed E-state index contributed by atoms with van der Waals surface area (Å²) in [6, 6.07) is 19.0. The van der Waals surface area contributed by atoms with Crippen molar-refractivity contribution in [3.63, 3.8) is 0 Å². The second-order valence-corrected chi connectivity index (χ2v) is 9.77. The zero-order valence-electron chi connectivity index (χ0n) is 22.4. The average Bonchev–Trinajstić information content (AvgIpc) is 2.95. The van der Waals surface area contributed by atoms with Crippen LogP contribution in [0, 0.1) is 0 Å². The van der Waals surface area contributed by atoms with E-state index >= 15 is 0 Å². The lowest BCUT2D eigenvalue weighted by Crippen LogP contribution is -2.51. The molecule has 0 aliphatic carbocycles. The van der Waals surface area contributed by atoms with E-state index in [-0.39, 0.29) is 25.0 Å². The van der Waals surface area contributed by atoms with E-state index in [1.165, 1.54) is 19.1 Å². The SMILES string of the molecule is CCCCNC(=O)[C@H](Cc1ccccc1)N(Cc1ccc(Cl)c(Cl)c1)C(=O)COc1cc(OC)cc(OC)c1. The van der Waals surface area contributed by atoms with Gasteiger partial charge < -0.3 is 24.4 Å². The number of nitrogens with zero attached hydrogens (tertiary/aromatic N) is 1. The van der Waals surface area contributed by atoms with Gasteiger partial charge in [-0.05, 0) is 29.7 Å². The molecule has 39 heavy (non-hydrogen) atoms. The average molecular weight is 574 g/mol. The Bertz CT molecular complexity index is 1220. The van der Waals surface area contributed by atoms with Crippen LogP contribution < -0.4 is 19.5 Å². The summed E-state index contributed by atoms with van der Waals surface area (Å²) in [5, 5.41) is 3.77. The molecule has 0 aliphatic heterocycles. The third-order valence-electron chi connectivity index (χ3n) is 6.12. The van der Waals surface area contributed by atoms with Crippen LogP contribution in [0.25, 0.3) is 0 Å². The number of unbranched alkanes of at least 4 members (excludes halogenated alkanes) is 1. The highest BCUT2D eigenvalue weighted by Gasteiger charge is 2.30. The number of benzene rings is 3. The fraction of sp³-hybridized carbons (Fsp3) is 0.333. The molecular weight excluding hydrogens is 539 g/mol. The highest BCUT2D eigenvalue weighted by atomic mass is 35.5. The molecule has 1 N–H and O–H groups in total. The van der Waals surface area contributed by atoms with Crippen molar-refractivity contribution >= 4 is 35.0 Å². The highest BCUT2D eigenvalue weighted by Crippen LogP contribution is 2.28. The number of nitrogens with one attached hydrogen (secondary N) is 1. The van der Waals surface area contributed by atoms with Crippen molar-refractivity contribution in [2.24, 2.45) is 0 Å². The van der Waals surface area contributed by atoms with Crippen LogP contribution in [0.4, 0.5) is 0 Å². The molecule has 3 rings (SSSR count). The fourth-order valence-electron chi connectivity index (χ4n) is 3.99. The molecule has 0 fully saturated rings. The molecule has 7 nitrogen and oxygen atoms in total. The Balaban J connectivity index is 1.92. The van der Waals surface area contributed by atoms with Gasteiger partial charge in [0.1, 0.15) is 23.3 Å². The summed E-state index contributed by atoms with van der Waals surface area (Å²) in [5.41, 5.74) is 1.67. The molecule has 0 aromatic heterocycles. The van der Waals surface area contributed by atoms with Gasteiger partial charge in [-0.3, -0.25) is 9.59 Å². The first kappa shape index (κ1) is 30.1. The van der Waals surface area contributed by atoms with E-state index in [4.69, 9.17) is 37.4 Å². The van der Waals surface area contributed by atoms with Gasteiger partial charge in [-0.2, -0.15) is 0 Å². The molecule has 9 heteroatoms. The van der Waals surface area contributed by atoms with Gasteiger partial charge in [0.2, 0.25) is 5.91 Å². The Morgan fingerprint density at radius 1 is 0.872 bits per heavy atom. The molecule has 0 radical (unpaired) electrons. The number of rotatable bonds is 14. The Morgan fingerprint density at radius 2 is 1.54 bits per heavy atom. The van der Waals surface area contributed by atoms with Gasteiger partial charge >= 0.3 is 0 Å². The maximum absolute atomic E-state index is 13.7. The number of carbonyl (C=O) groups excluding carboxylic acids is 2. The van der Waals surface area contributed by atoms with Gasteiger partial charge in [0.05, 0.1) is 24.3 Å². The highest BCUT2D eigenvalue weighted by molar-refractivity contribution is 6.42. The lowest BCUT2D eigenvalue weighted by atomic mass is 10.0. The van der Waals surface area contributed by atoms with Crippen LogP contribution in [0.15, 0.2) is 66.7 Å². The van der Waals surface area contributed by atoms with Crippen molar-refractivity contribution in [3.8, 4) is 17.2 Å². The Morgan fingerprint density at radius 3 is 2.15 bits per heavy atom. The largest absolute Gasteiger partial charge is 0.496 e. The van der Waals surface area contributed by atoms with Crippen molar-refractivity contribution < 1.29 is 23.8 Å². The summed E-state index contributed by atoms with van der Waals surface area (Å²) in [7, 11) is 3.07. The number of hydrogen-bond acceptors (Lipinski definition) is 5. The molecule has 0 bridgehead atoms. The molecule has 208 valence electrons. The predicted molar refractivity (Wildman–Crippen MR) is 154 cm³/mol. The van der Waals surface area contributed by atoms with E-state index < -0.39 is 6.04 Å². The molecule has 3 aromatic rings. The number of ether oxygens (including phenoxy) is 3. The molecule has 0 aliphatic rings. The number of carbonyl (C=O) groups is 2. The van der Waals surface area contributed by atoms with Crippen molar-refractivity contribution in [1.29, 1.82) is 0 Å². The summed E-state index contributed by atoms with van der Waals surface area (Å²) in [6.45, 7) is 2.42. The monoisotopic (exact) mass is 572 g/mol. The van der Waals surface area contributed by atoms with Crippen LogP contribution in [0.1, 0.15) is 30.9 Å². The first-order valence-corrected chi connectivity index (χ1v) is 13.5. The summed E-state index contributed by atoms with van der Waals surface area (Å²) in [5.74, 6) is 0.864. The third kappa shape index (κ3) is 9.08. The molecule has 0 saturated heterocycles. The lowest BCUT2D eigenvalue weighted by Gasteiger charge is -2.31. The molecule has 0 saturated carbocycles.